The number of aromatic nitrogens is 4. The second kappa shape index (κ2) is 5.96. The van der Waals surface area contributed by atoms with Crippen LogP contribution in [0.4, 0.5) is 5.13 Å². The topological polar surface area (TPSA) is 64.9 Å². The highest BCUT2D eigenvalue weighted by Crippen LogP contribution is 2.40. The van der Waals surface area contributed by atoms with Crippen molar-refractivity contribution in [1.82, 2.24) is 18.9 Å². The van der Waals surface area contributed by atoms with Gasteiger partial charge >= 0.3 is 0 Å². The molecule has 1 aliphatic heterocycles. The van der Waals surface area contributed by atoms with Gasteiger partial charge in [0, 0.05) is 50.1 Å². The Bertz CT molecular complexity index is 629. The van der Waals surface area contributed by atoms with Gasteiger partial charge in [-0.15, -0.1) is 0 Å². The molecule has 1 N–H and O–H groups in total. The van der Waals surface area contributed by atoms with Crippen LogP contribution in [0.3, 0.4) is 0 Å². The van der Waals surface area contributed by atoms with Gasteiger partial charge in [0.05, 0.1) is 6.04 Å². The molecular formula is C15H21N5OS. The van der Waals surface area contributed by atoms with Gasteiger partial charge in [-0.05, 0) is 31.6 Å². The molecule has 2 fully saturated rings. The summed E-state index contributed by atoms with van der Waals surface area (Å²) in [6.45, 7) is 1.66. The number of hydrogen-bond acceptors (Lipinski definition) is 6. The van der Waals surface area contributed by atoms with Crippen molar-refractivity contribution in [3.05, 3.63) is 24.0 Å². The predicted molar refractivity (Wildman–Crippen MR) is 85.0 cm³/mol. The average Bonchev–Trinajstić information content (AvgIpc) is 3.15. The first-order valence-corrected chi connectivity index (χ1v) is 8.73. The molecule has 1 atom stereocenters. The predicted octanol–water partition coefficient (Wildman–Crippen LogP) is 2.73. The zero-order valence-electron chi connectivity index (χ0n) is 12.7. The summed E-state index contributed by atoms with van der Waals surface area (Å²) in [7, 11) is 2.05. The van der Waals surface area contributed by atoms with Gasteiger partial charge in [0.1, 0.15) is 11.6 Å². The van der Waals surface area contributed by atoms with Crippen LogP contribution >= 0.6 is 11.5 Å². The van der Waals surface area contributed by atoms with Crippen LogP contribution < -0.4 is 5.32 Å². The maximum atomic E-state index is 5.51. The monoisotopic (exact) mass is 319 g/mol. The molecular weight excluding hydrogens is 298 g/mol. The Morgan fingerprint density at radius 2 is 2.14 bits per heavy atom. The Morgan fingerprint density at radius 3 is 2.82 bits per heavy atom. The molecule has 0 bridgehead atoms. The van der Waals surface area contributed by atoms with Gasteiger partial charge in [0.2, 0.25) is 5.13 Å². The fourth-order valence-electron chi connectivity index (χ4n) is 3.05. The van der Waals surface area contributed by atoms with E-state index in [1.165, 1.54) is 24.4 Å². The van der Waals surface area contributed by atoms with Crippen molar-refractivity contribution < 1.29 is 4.74 Å². The van der Waals surface area contributed by atoms with Crippen molar-refractivity contribution in [2.75, 3.05) is 18.5 Å². The Kier molecular flexibility index (Phi) is 3.83. The quantitative estimate of drug-likeness (QED) is 0.918. The minimum Gasteiger partial charge on any atom is -0.381 e. The van der Waals surface area contributed by atoms with Crippen LogP contribution in [0.25, 0.3) is 0 Å². The van der Waals surface area contributed by atoms with E-state index in [4.69, 9.17) is 4.74 Å². The lowest BCUT2D eigenvalue weighted by atomic mass is 9.91. The second-order valence-corrected chi connectivity index (χ2v) is 6.95. The molecule has 1 aliphatic carbocycles. The van der Waals surface area contributed by atoms with E-state index < -0.39 is 0 Å². The van der Waals surface area contributed by atoms with Crippen LogP contribution in [0.2, 0.25) is 0 Å². The van der Waals surface area contributed by atoms with E-state index in [0.29, 0.717) is 11.8 Å². The molecule has 2 aromatic rings. The van der Waals surface area contributed by atoms with E-state index in [-0.39, 0.29) is 6.04 Å². The highest BCUT2D eigenvalue weighted by atomic mass is 32.1. The van der Waals surface area contributed by atoms with Gasteiger partial charge in [-0.2, -0.15) is 4.37 Å². The van der Waals surface area contributed by atoms with E-state index in [9.17, 15) is 0 Å². The molecule has 22 heavy (non-hydrogen) atoms. The molecule has 1 saturated heterocycles. The third kappa shape index (κ3) is 2.87. The van der Waals surface area contributed by atoms with Crippen molar-refractivity contribution in [3.8, 4) is 0 Å². The van der Waals surface area contributed by atoms with Crippen LogP contribution in [0.5, 0.6) is 0 Å². The summed E-state index contributed by atoms with van der Waals surface area (Å²) in [4.78, 5) is 9.23. The lowest BCUT2D eigenvalue weighted by Gasteiger charge is -2.30. The summed E-state index contributed by atoms with van der Waals surface area (Å²) in [6, 6.07) is 0.170. The number of anilines is 1. The van der Waals surface area contributed by atoms with Crippen LogP contribution in [-0.2, 0) is 11.8 Å². The number of nitrogens with one attached hydrogen (secondary N) is 1. The lowest BCUT2D eigenvalue weighted by Crippen LogP contribution is -2.29. The normalized spacial score (nSPS) is 21.0. The highest BCUT2D eigenvalue weighted by molar-refractivity contribution is 7.09. The average molecular weight is 319 g/mol. The zero-order chi connectivity index (χ0) is 14.9. The van der Waals surface area contributed by atoms with Gasteiger partial charge in [-0.1, -0.05) is 0 Å². The number of rotatable bonds is 5. The summed E-state index contributed by atoms with van der Waals surface area (Å²) in [6.07, 6.45) is 8.44. The maximum absolute atomic E-state index is 5.51. The van der Waals surface area contributed by atoms with Crippen LogP contribution in [-0.4, -0.2) is 32.1 Å². The van der Waals surface area contributed by atoms with E-state index >= 15 is 0 Å². The molecule has 0 amide bonds. The van der Waals surface area contributed by atoms with E-state index in [0.717, 1.165) is 42.8 Å². The Morgan fingerprint density at radius 1 is 1.32 bits per heavy atom. The van der Waals surface area contributed by atoms with E-state index in [1.54, 1.807) is 0 Å². The number of aryl methyl sites for hydroxylation is 1. The standard InChI is InChI=1S/C15H21N5OS/c1-20-7-6-16-14(20)12(10-4-8-21-9-5-10)17-15-18-13(19-22-15)11-2-3-11/h6-7,10-12H,2-5,8-9H2,1H3,(H,17,18,19). The number of imidazole rings is 1. The first kappa shape index (κ1) is 14.1. The second-order valence-electron chi connectivity index (χ2n) is 6.20. The molecule has 1 saturated carbocycles. The summed E-state index contributed by atoms with van der Waals surface area (Å²) < 4.78 is 12.1. The number of hydrogen-bond donors (Lipinski definition) is 1. The lowest BCUT2D eigenvalue weighted by molar-refractivity contribution is 0.0594. The molecule has 2 aliphatic rings. The molecule has 0 aromatic carbocycles. The molecule has 3 heterocycles. The summed E-state index contributed by atoms with van der Waals surface area (Å²) >= 11 is 1.47. The molecule has 0 radical (unpaired) electrons. The fourth-order valence-corrected chi connectivity index (χ4v) is 3.74. The van der Waals surface area contributed by atoms with Crippen molar-refractivity contribution in [3.63, 3.8) is 0 Å². The largest absolute Gasteiger partial charge is 0.381 e. The Hall–Kier alpha value is -1.47. The molecule has 118 valence electrons. The van der Waals surface area contributed by atoms with Gasteiger partial charge in [0.15, 0.2) is 0 Å². The van der Waals surface area contributed by atoms with E-state index in [1.807, 2.05) is 19.4 Å². The third-order valence-corrected chi connectivity index (χ3v) is 5.20. The molecule has 0 spiro atoms. The van der Waals surface area contributed by atoms with Crippen molar-refractivity contribution in [2.45, 2.75) is 37.6 Å². The zero-order valence-corrected chi connectivity index (χ0v) is 13.6. The Balaban J connectivity index is 1.56. The van der Waals surface area contributed by atoms with Crippen molar-refractivity contribution in [2.24, 2.45) is 13.0 Å². The first-order chi connectivity index (χ1) is 10.8. The Labute approximate surface area is 134 Å². The number of ether oxygens (including phenoxy) is 1. The third-order valence-electron chi connectivity index (χ3n) is 4.54. The molecule has 1 unspecified atom stereocenters. The smallest absolute Gasteiger partial charge is 0.203 e. The minimum absolute atomic E-state index is 0.170. The first-order valence-electron chi connectivity index (χ1n) is 7.96. The van der Waals surface area contributed by atoms with Gasteiger partial charge in [-0.25, -0.2) is 9.97 Å². The fraction of sp³-hybridized carbons (Fsp3) is 0.667. The minimum atomic E-state index is 0.170. The highest BCUT2D eigenvalue weighted by Gasteiger charge is 2.31. The van der Waals surface area contributed by atoms with Gasteiger partial charge in [-0.3, -0.25) is 0 Å². The van der Waals surface area contributed by atoms with E-state index in [2.05, 4.69) is 24.2 Å². The number of nitrogens with zero attached hydrogens (tertiary/aromatic N) is 4. The summed E-state index contributed by atoms with van der Waals surface area (Å²) in [5.74, 6) is 3.19. The van der Waals surface area contributed by atoms with Crippen LogP contribution in [0.1, 0.15) is 49.3 Å². The molecule has 4 rings (SSSR count). The van der Waals surface area contributed by atoms with Gasteiger partial charge < -0.3 is 14.6 Å². The van der Waals surface area contributed by atoms with Crippen LogP contribution in [0, 0.1) is 5.92 Å². The van der Waals surface area contributed by atoms with Crippen molar-refractivity contribution in [1.29, 1.82) is 0 Å². The van der Waals surface area contributed by atoms with Crippen molar-refractivity contribution >= 4 is 16.7 Å². The maximum Gasteiger partial charge on any atom is 0.203 e. The molecule has 6 nitrogen and oxygen atoms in total. The summed E-state index contributed by atoms with van der Waals surface area (Å²) in [5.41, 5.74) is 0. The molecule has 7 heteroatoms. The molecule has 2 aromatic heterocycles. The summed E-state index contributed by atoms with van der Waals surface area (Å²) in [5, 5.41) is 4.52. The van der Waals surface area contributed by atoms with Gasteiger partial charge in [0.25, 0.3) is 0 Å². The van der Waals surface area contributed by atoms with Crippen LogP contribution in [0.15, 0.2) is 12.4 Å². The SMILES string of the molecule is Cn1ccnc1C(Nc1nc(C2CC2)ns1)C1CCOCC1.